The summed E-state index contributed by atoms with van der Waals surface area (Å²) in [6.45, 7) is 0.298. The maximum Gasteiger partial charge on any atom is 0.268 e. The standard InChI is InChI=1S/C13H9ClFN3OS/c14-8-5-7(15)1-2-9(8)16-6-11-17-10-3-4-20-12(10)13(19)18-11/h1-5,16H,6H2,(H,17,18,19). The molecule has 0 atom stereocenters. The number of halogens is 2. The van der Waals surface area contributed by atoms with Gasteiger partial charge in [0.2, 0.25) is 0 Å². The van der Waals surface area contributed by atoms with Crippen LogP contribution in [-0.4, -0.2) is 9.97 Å². The number of nitrogens with zero attached hydrogens (tertiary/aromatic N) is 1. The first kappa shape index (κ1) is 13.1. The summed E-state index contributed by atoms with van der Waals surface area (Å²) in [5.74, 6) is 0.105. The van der Waals surface area contributed by atoms with Gasteiger partial charge in [0.1, 0.15) is 16.3 Å². The predicted octanol–water partition coefficient (Wildman–Crippen LogP) is 3.39. The number of anilines is 1. The summed E-state index contributed by atoms with van der Waals surface area (Å²) >= 11 is 7.26. The third-order valence-corrected chi connectivity index (χ3v) is 3.96. The van der Waals surface area contributed by atoms with Gasteiger partial charge in [-0.1, -0.05) is 11.6 Å². The molecule has 0 radical (unpaired) electrons. The van der Waals surface area contributed by atoms with Crippen LogP contribution in [-0.2, 0) is 6.54 Å². The molecule has 3 aromatic rings. The quantitative estimate of drug-likeness (QED) is 0.779. The second kappa shape index (κ2) is 5.22. The molecule has 0 unspecified atom stereocenters. The fraction of sp³-hybridized carbons (Fsp3) is 0.0769. The van der Waals surface area contributed by atoms with E-state index in [0.717, 1.165) is 0 Å². The number of rotatable bonds is 3. The van der Waals surface area contributed by atoms with Crippen molar-refractivity contribution in [2.24, 2.45) is 0 Å². The number of benzene rings is 1. The van der Waals surface area contributed by atoms with Gasteiger partial charge in [-0.15, -0.1) is 11.3 Å². The second-order valence-electron chi connectivity index (χ2n) is 4.13. The van der Waals surface area contributed by atoms with Gasteiger partial charge in [0.15, 0.2) is 0 Å². The van der Waals surface area contributed by atoms with Gasteiger partial charge in [0.05, 0.1) is 22.8 Å². The summed E-state index contributed by atoms with van der Waals surface area (Å²) in [6, 6.07) is 5.87. The van der Waals surface area contributed by atoms with Crippen molar-refractivity contribution in [3.05, 3.63) is 56.7 Å². The number of hydrogen-bond acceptors (Lipinski definition) is 4. The van der Waals surface area contributed by atoms with E-state index in [4.69, 9.17) is 11.6 Å². The van der Waals surface area contributed by atoms with E-state index in [2.05, 4.69) is 15.3 Å². The first-order valence-corrected chi connectivity index (χ1v) is 7.04. The van der Waals surface area contributed by atoms with E-state index in [0.29, 0.717) is 28.3 Å². The summed E-state index contributed by atoms with van der Waals surface area (Å²) in [7, 11) is 0. The van der Waals surface area contributed by atoms with Crippen molar-refractivity contribution in [1.82, 2.24) is 9.97 Å². The Balaban J connectivity index is 1.84. The van der Waals surface area contributed by atoms with E-state index < -0.39 is 5.82 Å². The molecule has 0 aliphatic heterocycles. The van der Waals surface area contributed by atoms with Crippen LogP contribution < -0.4 is 10.9 Å². The Morgan fingerprint density at radius 2 is 2.25 bits per heavy atom. The Hall–Kier alpha value is -1.92. The lowest BCUT2D eigenvalue weighted by molar-refractivity contribution is 0.628. The van der Waals surface area contributed by atoms with Crippen molar-refractivity contribution >= 4 is 38.8 Å². The molecule has 0 amide bonds. The topological polar surface area (TPSA) is 57.8 Å². The first-order chi connectivity index (χ1) is 9.63. The molecule has 0 saturated heterocycles. The molecule has 0 spiro atoms. The Labute approximate surface area is 122 Å². The molecule has 0 aliphatic carbocycles. The minimum Gasteiger partial charge on any atom is -0.377 e. The highest BCUT2D eigenvalue weighted by atomic mass is 35.5. The molecule has 2 aromatic heterocycles. The van der Waals surface area contributed by atoms with Crippen LogP contribution in [0.3, 0.4) is 0 Å². The number of fused-ring (bicyclic) bond motifs is 1. The molecule has 1 aromatic carbocycles. The Bertz CT molecular complexity index is 830. The fourth-order valence-electron chi connectivity index (χ4n) is 1.82. The molecule has 0 bridgehead atoms. The van der Waals surface area contributed by atoms with Crippen LogP contribution in [0.2, 0.25) is 5.02 Å². The Kier molecular flexibility index (Phi) is 3.42. The lowest BCUT2D eigenvalue weighted by Gasteiger charge is -2.07. The van der Waals surface area contributed by atoms with Gasteiger partial charge in [-0.2, -0.15) is 0 Å². The van der Waals surface area contributed by atoms with E-state index in [9.17, 15) is 9.18 Å². The Morgan fingerprint density at radius 1 is 1.40 bits per heavy atom. The van der Waals surface area contributed by atoms with E-state index in [1.807, 2.05) is 5.38 Å². The van der Waals surface area contributed by atoms with Crippen LogP contribution >= 0.6 is 22.9 Å². The van der Waals surface area contributed by atoms with Gasteiger partial charge < -0.3 is 10.3 Å². The minimum absolute atomic E-state index is 0.160. The molecule has 0 fully saturated rings. The lowest BCUT2D eigenvalue weighted by Crippen LogP contribution is -2.13. The Morgan fingerprint density at radius 3 is 3.05 bits per heavy atom. The summed E-state index contributed by atoms with van der Waals surface area (Å²) in [6.07, 6.45) is 0. The van der Waals surface area contributed by atoms with Gasteiger partial charge in [-0.05, 0) is 29.6 Å². The van der Waals surface area contributed by atoms with Gasteiger partial charge >= 0.3 is 0 Å². The number of nitrogens with one attached hydrogen (secondary N) is 2. The SMILES string of the molecule is O=c1[nH]c(CNc2ccc(F)cc2Cl)nc2ccsc12. The number of aromatic nitrogens is 2. The van der Waals surface area contributed by atoms with Crippen molar-refractivity contribution in [3.8, 4) is 0 Å². The van der Waals surface area contributed by atoms with Crippen molar-refractivity contribution in [2.75, 3.05) is 5.32 Å². The monoisotopic (exact) mass is 309 g/mol. The van der Waals surface area contributed by atoms with Crippen LogP contribution in [0.15, 0.2) is 34.4 Å². The second-order valence-corrected chi connectivity index (χ2v) is 5.45. The number of aromatic amines is 1. The fourth-order valence-corrected chi connectivity index (χ4v) is 2.78. The zero-order chi connectivity index (χ0) is 14.1. The van der Waals surface area contributed by atoms with Crippen LogP contribution in [0.25, 0.3) is 10.2 Å². The average Bonchev–Trinajstić information content (AvgIpc) is 2.86. The molecule has 7 heteroatoms. The maximum absolute atomic E-state index is 12.9. The summed E-state index contributed by atoms with van der Waals surface area (Å²) in [4.78, 5) is 18.8. The smallest absolute Gasteiger partial charge is 0.268 e. The molecule has 3 rings (SSSR count). The number of hydrogen-bond donors (Lipinski definition) is 2. The average molecular weight is 310 g/mol. The highest BCUT2D eigenvalue weighted by Crippen LogP contribution is 2.22. The van der Waals surface area contributed by atoms with E-state index in [1.54, 1.807) is 12.1 Å². The van der Waals surface area contributed by atoms with Gasteiger partial charge in [-0.25, -0.2) is 9.37 Å². The van der Waals surface area contributed by atoms with Crippen molar-refractivity contribution in [1.29, 1.82) is 0 Å². The molecular formula is C13H9ClFN3OS. The normalized spacial score (nSPS) is 10.9. The molecule has 0 aliphatic rings. The van der Waals surface area contributed by atoms with Crippen LogP contribution in [0, 0.1) is 5.82 Å². The molecule has 2 heterocycles. The van der Waals surface area contributed by atoms with E-state index >= 15 is 0 Å². The van der Waals surface area contributed by atoms with Crippen LogP contribution in [0.1, 0.15) is 5.82 Å². The maximum atomic E-state index is 12.9. The largest absolute Gasteiger partial charge is 0.377 e. The summed E-state index contributed by atoms with van der Waals surface area (Å²) in [5, 5.41) is 5.11. The number of thiophene rings is 1. The summed E-state index contributed by atoms with van der Waals surface area (Å²) in [5.41, 5.74) is 1.09. The first-order valence-electron chi connectivity index (χ1n) is 5.79. The molecular weight excluding hydrogens is 301 g/mol. The van der Waals surface area contributed by atoms with E-state index in [-0.39, 0.29) is 10.6 Å². The summed E-state index contributed by atoms with van der Waals surface area (Å²) < 4.78 is 13.5. The molecule has 20 heavy (non-hydrogen) atoms. The third-order valence-electron chi connectivity index (χ3n) is 2.74. The number of H-pyrrole nitrogens is 1. The van der Waals surface area contributed by atoms with Gasteiger partial charge in [0.25, 0.3) is 5.56 Å². The third kappa shape index (κ3) is 2.52. The molecule has 102 valence electrons. The molecule has 2 N–H and O–H groups in total. The predicted molar refractivity (Wildman–Crippen MR) is 79.0 cm³/mol. The van der Waals surface area contributed by atoms with Gasteiger partial charge in [-0.3, -0.25) is 4.79 Å². The zero-order valence-electron chi connectivity index (χ0n) is 10.1. The lowest BCUT2D eigenvalue weighted by atomic mass is 10.3. The highest BCUT2D eigenvalue weighted by Gasteiger charge is 2.06. The minimum atomic E-state index is -0.397. The van der Waals surface area contributed by atoms with Crippen LogP contribution in [0.4, 0.5) is 10.1 Å². The molecule has 0 saturated carbocycles. The van der Waals surface area contributed by atoms with Crippen molar-refractivity contribution in [3.63, 3.8) is 0 Å². The van der Waals surface area contributed by atoms with Crippen molar-refractivity contribution < 1.29 is 4.39 Å². The van der Waals surface area contributed by atoms with Crippen LogP contribution in [0.5, 0.6) is 0 Å². The highest BCUT2D eigenvalue weighted by molar-refractivity contribution is 7.17. The molecule has 4 nitrogen and oxygen atoms in total. The van der Waals surface area contributed by atoms with Crippen molar-refractivity contribution in [2.45, 2.75) is 6.54 Å². The van der Waals surface area contributed by atoms with Gasteiger partial charge in [0, 0.05) is 0 Å². The zero-order valence-corrected chi connectivity index (χ0v) is 11.7. The van der Waals surface area contributed by atoms with E-state index in [1.165, 1.54) is 23.5 Å².